The number of anilines is 1. The number of aliphatic carboxylic acids is 1. The maximum Gasteiger partial charge on any atom is 0.309 e. The maximum absolute atomic E-state index is 13.7. The van der Waals surface area contributed by atoms with E-state index in [0.29, 0.717) is 25.7 Å². The van der Waals surface area contributed by atoms with Crippen LogP contribution in [0, 0.1) is 0 Å². The number of carbonyl (C=O) groups is 2. The minimum absolute atomic E-state index is 0.0684. The number of fused-ring (bicyclic) bond motifs is 1. The number of benzene rings is 2. The van der Waals surface area contributed by atoms with Crippen LogP contribution in [-0.4, -0.2) is 40.7 Å². The van der Waals surface area contributed by atoms with Crippen LogP contribution >= 0.6 is 22.9 Å². The van der Waals surface area contributed by atoms with Gasteiger partial charge >= 0.3 is 5.97 Å². The molecule has 3 N–H and O–H groups in total. The van der Waals surface area contributed by atoms with E-state index in [4.69, 9.17) is 16.7 Å². The molecule has 3 aromatic rings. The highest BCUT2D eigenvalue weighted by Crippen LogP contribution is 2.47. The van der Waals surface area contributed by atoms with E-state index in [9.17, 15) is 23.1 Å². The zero-order valence-corrected chi connectivity index (χ0v) is 21.4. The first-order valence-electron chi connectivity index (χ1n) is 11.4. The molecule has 8 nitrogen and oxygen atoms in total. The number of aromatic nitrogens is 1. The second-order valence-corrected chi connectivity index (χ2v) is 12.9. The predicted molar refractivity (Wildman–Crippen MR) is 135 cm³/mol. The van der Waals surface area contributed by atoms with Gasteiger partial charge in [-0.3, -0.25) is 14.9 Å². The number of hydrogen-bond donors (Lipinski definition) is 3. The van der Waals surface area contributed by atoms with Crippen LogP contribution < -0.4 is 5.32 Å². The molecule has 2 aliphatic carbocycles. The number of aliphatic hydroxyl groups is 1. The zero-order valence-electron chi connectivity index (χ0n) is 19.0. The highest BCUT2D eigenvalue weighted by Gasteiger charge is 2.49. The van der Waals surface area contributed by atoms with Crippen LogP contribution in [-0.2, 0) is 37.9 Å². The van der Waals surface area contributed by atoms with Crippen LogP contribution in [0.2, 0.25) is 4.34 Å². The summed E-state index contributed by atoms with van der Waals surface area (Å²) in [5.74, 6) is -2.46. The van der Waals surface area contributed by atoms with Gasteiger partial charge in [-0.15, -0.1) is 0 Å². The molecule has 0 bridgehead atoms. The number of nitrogens with zero attached hydrogens (tertiary/aromatic N) is 1. The van der Waals surface area contributed by atoms with Crippen molar-refractivity contribution in [3.63, 3.8) is 0 Å². The van der Waals surface area contributed by atoms with Crippen LogP contribution in [0.5, 0.6) is 0 Å². The lowest BCUT2D eigenvalue weighted by Gasteiger charge is -2.33. The number of nitrogens with one attached hydrogen (secondary N) is 1. The Balaban J connectivity index is 1.53. The van der Waals surface area contributed by atoms with Crippen molar-refractivity contribution < 1.29 is 28.2 Å². The summed E-state index contributed by atoms with van der Waals surface area (Å²) in [5.41, 5.74) is 0.203. The van der Waals surface area contributed by atoms with Crippen LogP contribution in [0.4, 0.5) is 5.13 Å². The van der Waals surface area contributed by atoms with Gasteiger partial charge in [-0.1, -0.05) is 59.3 Å². The Labute approximate surface area is 216 Å². The van der Waals surface area contributed by atoms with Crippen molar-refractivity contribution in [1.82, 2.24) is 4.98 Å². The van der Waals surface area contributed by atoms with Crippen molar-refractivity contribution in [3.05, 3.63) is 75.3 Å². The van der Waals surface area contributed by atoms with Gasteiger partial charge in [-0.25, -0.2) is 13.4 Å². The first-order chi connectivity index (χ1) is 17.1. The Morgan fingerprint density at radius 2 is 1.81 bits per heavy atom. The van der Waals surface area contributed by atoms with Gasteiger partial charge in [0.25, 0.3) is 5.91 Å². The number of carbonyl (C=O) groups excluding carboxylic acids is 1. The fourth-order valence-electron chi connectivity index (χ4n) is 4.78. The number of aryl methyl sites for hydroxylation is 1. The number of thiazole rings is 1. The van der Waals surface area contributed by atoms with Crippen molar-refractivity contribution in [1.29, 1.82) is 0 Å². The van der Waals surface area contributed by atoms with Crippen molar-refractivity contribution in [2.45, 2.75) is 53.8 Å². The Morgan fingerprint density at radius 1 is 1.11 bits per heavy atom. The molecule has 1 amide bonds. The van der Waals surface area contributed by atoms with Crippen molar-refractivity contribution in [2.24, 2.45) is 0 Å². The average Bonchev–Trinajstić information content (AvgIpc) is 3.55. The Kier molecular flexibility index (Phi) is 6.40. The number of hydrogen-bond acceptors (Lipinski definition) is 7. The van der Waals surface area contributed by atoms with E-state index >= 15 is 0 Å². The lowest BCUT2D eigenvalue weighted by atomic mass is 9.77. The third-order valence-corrected chi connectivity index (χ3v) is 10.3. The smallest absolute Gasteiger partial charge is 0.309 e. The largest absolute Gasteiger partial charge is 0.481 e. The van der Waals surface area contributed by atoms with Gasteiger partial charge in [0.05, 0.1) is 22.3 Å². The lowest BCUT2D eigenvalue weighted by molar-refractivity contribution is -0.138. The van der Waals surface area contributed by atoms with E-state index in [0.717, 1.165) is 22.5 Å². The molecule has 0 saturated heterocycles. The van der Waals surface area contributed by atoms with Crippen LogP contribution in [0.1, 0.15) is 47.6 Å². The molecule has 1 fully saturated rings. The molecule has 2 aliphatic rings. The van der Waals surface area contributed by atoms with E-state index in [1.165, 1.54) is 24.3 Å². The summed E-state index contributed by atoms with van der Waals surface area (Å²) in [7, 11) is -3.43. The van der Waals surface area contributed by atoms with Crippen molar-refractivity contribution >= 4 is 49.8 Å². The van der Waals surface area contributed by atoms with E-state index in [1.54, 1.807) is 0 Å². The van der Waals surface area contributed by atoms with E-state index in [2.05, 4.69) is 10.3 Å². The summed E-state index contributed by atoms with van der Waals surface area (Å²) in [6, 6.07) is 13.4. The highest BCUT2D eigenvalue weighted by atomic mass is 35.5. The third kappa shape index (κ3) is 4.43. The molecule has 2 aromatic carbocycles. The van der Waals surface area contributed by atoms with Crippen molar-refractivity contribution in [3.8, 4) is 0 Å². The quantitative estimate of drug-likeness (QED) is 0.390. The molecular formula is C25H23ClN2O6S2. The number of carboxylic acids is 1. The Hall–Kier alpha value is -2.79. The standard InChI is InChI=1S/C25H23ClN2O6S2/c26-22-20(13-21(29)30)27-24(35-22)28-23(31)25(32,19-12-5-14-3-1-2-4-18(14)19)15-6-8-16(9-7-15)36(33,34)17-10-11-17/h1-4,6-9,17,19,32H,5,10-13H2,(H,29,30)(H,27,28,31). The van der Waals surface area contributed by atoms with Gasteiger partial charge in [0.1, 0.15) is 4.34 Å². The van der Waals surface area contributed by atoms with Crippen LogP contribution in [0.3, 0.4) is 0 Å². The summed E-state index contributed by atoms with van der Waals surface area (Å²) in [6.45, 7) is 0. The fraction of sp³-hybridized carbons (Fsp3) is 0.320. The molecule has 36 heavy (non-hydrogen) atoms. The Bertz CT molecular complexity index is 1450. The van der Waals surface area contributed by atoms with Gasteiger partial charge in [0, 0.05) is 5.92 Å². The summed E-state index contributed by atoms with van der Waals surface area (Å²) in [5, 5.41) is 23.4. The normalized spacial score (nSPS) is 18.9. The molecule has 1 saturated carbocycles. The summed E-state index contributed by atoms with van der Waals surface area (Å²) >= 11 is 7.02. The van der Waals surface area contributed by atoms with Crippen LogP contribution in [0.25, 0.3) is 0 Å². The second-order valence-electron chi connectivity index (χ2n) is 9.09. The molecule has 188 valence electrons. The van der Waals surface area contributed by atoms with Gasteiger partial charge in [0.15, 0.2) is 20.6 Å². The summed E-state index contributed by atoms with van der Waals surface area (Å²) in [6.07, 6.45) is 2.05. The summed E-state index contributed by atoms with van der Waals surface area (Å²) in [4.78, 5) is 29.1. The first-order valence-corrected chi connectivity index (χ1v) is 14.2. The number of amides is 1. The number of halogens is 1. The maximum atomic E-state index is 13.7. The van der Waals surface area contributed by atoms with Gasteiger partial charge in [0.2, 0.25) is 0 Å². The monoisotopic (exact) mass is 546 g/mol. The molecule has 11 heteroatoms. The minimum atomic E-state index is -3.43. The van der Waals surface area contributed by atoms with Gasteiger partial charge < -0.3 is 10.2 Å². The van der Waals surface area contributed by atoms with Gasteiger partial charge in [-0.05, 0) is 54.5 Å². The second kappa shape index (κ2) is 9.26. The third-order valence-electron chi connectivity index (χ3n) is 6.76. The molecule has 2 unspecified atom stereocenters. The molecule has 1 heterocycles. The Morgan fingerprint density at radius 3 is 2.47 bits per heavy atom. The molecule has 1 aromatic heterocycles. The highest BCUT2D eigenvalue weighted by molar-refractivity contribution is 7.92. The SMILES string of the molecule is O=C(O)Cc1nc(NC(=O)C(O)(c2ccc(S(=O)(=O)C3CC3)cc2)C2CCc3ccccc32)sc1Cl. The fourth-order valence-corrected chi connectivity index (χ4v) is 7.47. The van der Waals surface area contributed by atoms with Gasteiger partial charge in [-0.2, -0.15) is 0 Å². The predicted octanol–water partition coefficient (Wildman–Crippen LogP) is 3.92. The number of rotatable bonds is 8. The zero-order chi connectivity index (χ0) is 25.7. The number of carboxylic acid groups (broad SMARTS) is 1. The molecule has 0 aliphatic heterocycles. The lowest BCUT2D eigenvalue weighted by Crippen LogP contribution is -2.45. The van der Waals surface area contributed by atoms with E-state index in [-0.39, 0.29) is 30.9 Å². The average molecular weight is 547 g/mol. The minimum Gasteiger partial charge on any atom is -0.481 e. The number of sulfone groups is 1. The van der Waals surface area contributed by atoms with Crippen LogP contribution in [0.15, 0.2) is 53.4 Å². The van der Waals surface area contributed by atoms with Crippen molar-refractivity contribution in [2.75, 3.05) is 5.32 Å². The van der Waals surface area contributed by atoms with E-state index in [1.807, 2.05) is 24.3 Å². The molecule has 0 spiro atoms. The molecule has 5 rings (SSSR count). The summed E-state index contributed by atoms with van der Waals surface area (Å²) < 4.78 is 25.5. The first kappa shape index (κ1) is 24.9. The molecular weight excluding hydrogens is 524 g/mol. The van der Waals surface area contributed by atoms with E-state index < -0.39 is 39.7 Å². The molecule has 0 radical (unpaired) electrons. The molecule has 2 atom stereocenters. The topological polar surface area (TPSA) is 134 Å².